The number of aryl methyl sites for hydroxylation is 2. The third-order valence-electron chi connectivity index (χ3n) is 6.64. The van der Waals surface area contributed by atoms with Crippen molar-refractivity contribution in [2.75, 3.05) is 5.32 Å². The number of nitrogens with zero attached hydrogens (tertiary/aromatic N) is 2. The molecular formula is C22H31ClN4O. The van der Waals surface area contributed by atoms with Crippen molar-refractivity contribution in [2.24, 2.45) is 23.5 Å². The van der Waals surface area contributed by atoms with Crippen molar-refractivity contribution >= 4 is 24.0 Å². The van der Waals surface area contributed by atoms with Crippen molar-refractivity contribution in [3.63, 3.8) is 0 Å². The van der Waals surface area contributed by atoms with Crippen LogP contribution in [0.15, 0.2) is 24.4 Å². The van der Waals surface area contributed by atoms with E-state index in [1.165, 1.54) is 30.4 Å². The lowest BCUT2D eigenvalue weighted by Crippen LogP contribution is -2.48. The van der Waals surface area contributed by atoms with Gasteiger partial charge in [0.1, 0.15) is 0 Å². The number of nitrogens with two attached hydrogens (primary N) is 1. The van der Waals surface area contributed by atoms with Crippen molar-refractivity contribution in [1.29, 1.82) is 0 Å². The van der Waals surface area contributed by atoms with Crippen LogP contribution in [0.3, 0.4) is 0 Å². The fraction of sp³-hybridized carbons (Fsp3) is 0.545. The molecule has 2 aliphatic carbocycles. The molecule has 4 rings (SSSR count). The number of carbonyl (C=O) groups is 1. The molecule has 152 valence electrons. The second kappa shape index (κ2) is 8.26. The Morgan fingerprint density at radius 1 is 1.18 bits per heavy atom. The van der Waals surface area contributed by atoms with E-state index in [0.29, 0.717) is 11.8 Å². The van der Waals surface area contributed by atoms with E-state index in [2.05, 4.69) is 42.5 Å². The van der Waals surface area contributed by atoms with Crippen molar-refractivity contribution < 1.29 is 4.79 Å². The van der Waals surface area contributed by atoms with Crippen molar-refractivity contribution in [3.8, 4) is 5.69 Å². The number of benzene rings is 1. The van der Waals surface area contributed by atoms with Gasteiger partial charge in [-0.05, 0) is 75.5 Å². The summed E-state index contributed by atoms with van der Waals surface area (Å²) in [6.45, 7) is 6.17. The Bertz CT molecular complexity index is 848. The van der Waals surface area contributed by atoms with E-state index in [-0.39, 0.29) is 30.3 Å². The number of fused-ring (bicyclic) bond motifs is 2. The third-order valence-corrected chi connectivity index (χ3v) is 6.64. The SMILES string of the molecule is Cc1ccc(C)c(-n2ncc(NC(=O)C3CC4CCCC(C3)C4N)c2C)c1.Cl. The Balaban J connectivity index is 0.00000225. The molecule has 0 aliphatic heterocycles. The van der Waals surface area contributed by atoms with Gasteiger partial charge in [0.05, 0.1) is 23.3 Å². The lowest BCUT2D eigenvalue weighted by atomic mass is 9.65. The first kappa shape index (κ1) is 20.9. The average molecular weight is 403 g/mol. The maximum Gasteiger partial charge on any atom is 0.227 e. The number of halogens is 1. The molecule has 1 aromatic carbocycles. The molecule has 2 bridgehead atoms. The predicted octanol–water partition coefficient (Wildman–Crippen LogP) is 4.31. The normalized spacial score (nSPS) is 26.4. The van der Waals surface area contributed by atoms with Gasteiger partial charge in [-0.3, -0.25) is 4.79 Å². The van der Waals surface area contributed by atoms with Crippen LogP contribution in [0, 0.1) is 38.5 Å². The molecule has 28 heavy (non-hydrogen) atoms. The number of hydrogen-bond donors (Lipinski definition) is 2. The van der Waals surface area contributed by atoms with Crippen molar-refractivity contribution in [1.82, 2.24) is 9.78 Å². The zero-order valence-electron chi connectivity index (χ0n) is 16.9. The fourth-order valence-corrected chi connectivity index (χ4v) is 4.96. The molecule has 6 heteroatoms. The molecule has 3 N–H and O–H groups in total. The second-order valence-corrected chi connectivity index (χ2v) is 8.53. The summed E-state index contributed by atoms with van der Waals surface area (Å²) in [5, 5.41) is 7.68. The van der Waals surface area contributed by atoms with E-state index in [1.807, 2.05) is 11.6 Å². The van der Waals surface area contributed by atoms with Crippen LogP contribution < -0.4 is 11.1 Å². The summed E-state index contributed by atoms with van der Waals surface area (Å²) < 4.78 is 1.92. The molecule has 1 heterocycles. The summed E-state index contributed by atoms with van der Waals surface area (Å²) in [6, 6.07) is 6.63. The van der Waals surface area contributed by atoms with Gasteiger partial charge in [-0.1, -0.05) is 18.6 Å². The molecule has 0 spiro atoms. The first-order valence-corrected chi connectivity index (χ1v) is 10.1. The molecule has 5 nitrogen and oxygen atoms in total. The summed E-state index contributed by atoms with van der Waals surface area (Å²) in [5.41, 5.74) is 11.6. The first-order chi connectivity index (χ1) is 12.9. The van der Waals surface area contributed by atoms with E-state index in [1.54, 1.807) is 6.20 Å². The van der Waals surface area contributed by atoms with E-state index >= 15 is 0 Å². The fourth-order valence-electron chi connectivity index (χ4n) is 4.96. The van der Waals surface area contributed by atoms with E-state index in [4.69, 9.17) is 5.73 Å². The van der Waals surface area contributed by atoms with Crippen LogP contribution in [-0.4, -0.2) is 21.7 Å². The van der Waals surface area contributed by atoms with Gasteiger partial charge in [0, 0.05) is 12.0 Å². The molecular weight excluding hydrogens is 372 g/mol. The monoisotopic (exact) mass is 402 g/mol. The van der Waals surface area contributed by atoms with Crippen LogP contribution in [0.5, 0.6) is 0 Å². The zero-order valence-corrected chi connectivity index (χ0v) is 17.8. The van der Waals surface area contributed by atoms with Crippen LogP contribution in [0.25, 0.3) is 5.69 Å². The van der Waals surface area contributed by atoms with E-state index < -0.39 is 0 Å². The summed E-state index contributed by atoms with van der Waals surface area (Å²) in [6.07, 6.45) is 7.22. The second-order valence-electron chi connectivity index (χ2n) is 8.53. The van der Waals surface area contributed by atoms with Gasteiger partial charge in [-0.2, -0.15) is 5.10 Å². The summed E-state index contributed by atoms with van der Waals surface area (Å²) in [7, 11) is 0. The summed E-state index contributed by atoms with van der Waals surface area (Å²) in [4.78, 5) is 12.9. The predicted molar refractivity (Wildman–Crippen MR) is 115 cm³/mol. The minimum Gasteiger partial charge on any atom is -0.327 e. The maximum absolute atomic E-state index is 12.9. The number of carbonyl (C=O) groups excluding carboxylic acids is 1. The van der Waals surface area contributed by atoms with Gasteiger partial charge in [0.2, 0.25) is 5.91 Å². The molecule has 0 saturated heterocycles. The van der Waals surface area contributed by atoms with Gasteiger partial charge in [-0.25, -0.2) is 4.68 Å². The molecule has 2 aliphatic rings. The minimum atomic E-state index is 0. The smallest absolute Gasteiger partial charge is 0.227 e. The largest absolute Gasteiger partial charge is 0.327 e. The lowest BCUT2D eigenvalue weighted by Gasteiger charge is -2.43. The molecule has 2 atom stereocenters. The number of hydrogen-bond acceptors (Lipinski definition) is 3. The molecule has 2 fully saturated rings. The number of anilines is 1. The zero-order chi connectivity index (χ0) is 19.1. The number of rotatable bonds is 3. The van der Waals surface area contributed by atoms with Crippen LogP contribution in [0.2, 0.25) is 0 Å². The minimum absolute atomic E-state index is 0. The number of aromatic nitrogens is 2. The van der Waals surface area contributed by atoms with Crippen LogP contribution in [0.4, 0.5) is 5.69 Å². The van der Waals surface area contributed by atoms with E-state index in [0.717, 1.165) is 29.9 Å². The Hall–Kier alpha value is -1.85. The van der Waals surface area contributed by atoms with Gasteiger partial charge in [0.15, 0.2) is 0 Å². The van der Waals surface area contributed by atoms with Gasteiger partial charge in [-0.15, -0.1) is 12.4 Å². The first-order valence-electron chi connectivity index (χ1n) is 10.1. The molecule has 1 amide bonds. The molecule has 2 aromatic rings. The van der Waals surface area contributed by atoms with Gasteiger partial charge >= 0.3 is 0 Å². The Labute approximate surface area is 173 Å². The highest BCUT2D eigenvalue weighted by Gasteiger charge is 2.40. The summed E-state index contributed by atoms with van der Waals surface area (Å²) >= 11 is 0. The van der Waals surface area contributed by atoms with Crippen LogP contribution in [-0.2, 0) is 4.79 Å². The quantitative estimate of drug-likeness (QED) is 0.803. The Morgan fingerprint density at radius 2 is 1.86 bits per heavy atom. The Kier molecular flexibility index (Phi) is 6.15. The molecule has 2 unspecified atom stereocenters. The third kappa shape index (κ3) is 3.83. The highest BCUT2D eigenvalue weighted by Crippen LogP contribution is 2.42. The highest BCUT2D eigenvalue weighted by atomic mass is 35.5. The number of amides is 1. The topological polar surface area (TPSA) is 72.9 Å². The highest BCUT2D eigenvalue weighted by molar-refractivity contribution is 5.93. The molecule has 1 aromatic heterocycles. The van der Waals surface area contributed by atoms with Crippen LogP contribution in [0.1, 0.15) is 48.9 Å². The molecule has 2 saturated carbocycles. The van der Waals surface area contributed by atoms with Crippen molar-refractivity contribution in [2.45, 2.75) is 58.9 Å². The standard InChI is InChI=1S/C22H30N4O.ClH/c1-13-7-8-14(2)20(9-13)26-15(3)19(12-24-26)25-22(27)18-10-16-5-4-6-17(11-18)21(16)23;/h7-9,12,16-18,21H,4-6,10-11,23H2,1-3H3,(H,25,27);1H. The van der Waals surface area contributed by atoms with Gasteiger partial charge in [0.25, 0.3) is 0 Å². The number of nitrogens with one attached hydrogen (secondary N) is 1. The lowest BCUT2D eigenvalue weighted by molar-refractivity contribution is -0.122. The van der Waals surface area contributed by atoms with Crippen LogP contribution >= 0.6 is 12.4 Å². The summed E-state index contributed by atoms with van der Waals surface area (Å²) in [5.74, 6) is 1.21. The maximum atomic E-state index is 12.9. The van der Waals surface area contributed by atoms with E-state index in [9.17, 15) is 4.79 Å². The van der Waals surface area contributed by atoms with Crippen molar-refractivity contribution in [3.05, 3.63) is 41.2 Å². The molecule has 0 radical (unpaired) electrons. The Morgan fingerprint density at radius 3 is 2.54 bits per heavy atom. The average Bonchev–Trinajstić information content (AvgIpc) is 2.97. The van der Waals surface area contributed by atoms with Gasteiger partial charge < -0.3 is 11.1 Å².